The van der Waals surface area contributed by atoms with Crippen molar-refractivity contribution in [2.45, 2.75) is 33.1 Å². The highest BCUT2D eigenvalue weighted by molar-refractivity contribution is 5.72. The first-order valence-electron chi connectivity index (χ1n) is 5.84. The van der Waals surface area contributed by atoms with Gasteiger partial charge in [0.2, 0.25) is 0 Å². The van der Waals surface area contributed by atoms with E-state index < -0.39 is 0 Å². The standard InChI is InChI=1S/C14H16N2/c1-8(2)10-4-5-12-11(6-10)7-13-14(12)16-9(3)15-13/h4-6,8H,7H2,1-3H3,(H,15,16). The van der Waals surface area contributed by atoms with Gasteiger partial charge in [-0.15, -0.1) is 0 Å². The molecule has 1 aromatic carbocycles. The van der Waals surface area contributed by atoms with Crippen LogP contribution in [-0.2, 0) is 6.42 Å². The molecule has 82 valence electrons. The molecule has 0 spiro atoms. The molecule has 0 aliphatic heterocycles. The van der Waals surface area contributed by atoms with Crippen LogP contribution in [0.1, 0.15) is 42.4 Å². The van der Waals surface area contributed by atoms with Crippen molar-refractivity contribution in [3.8, 4) is 11.3 Å². The highest BCUT2D eigenvalue weighted by Gasteiger charge is 2.22. The molecule has 2 aromatic rings. The van der Waals surface area contributed by atoms with Crippen LogP contribution < -0.4 is 0 Å². The van der Waals surface area contributed by atoms with Crippen molar-refractivity contribution < 1.29 is 0 Å². The lowest BCUT2D eigenvalue weighted by Gasteiger charge is -2.07. The van der Waals surface area contributed by atoms with Crippen LogP contribution >= 0.6 is 0 Å². The zero-order chi connectivity index (χ0) is 11.3. The molecule has 0 atom stereocenters. The molecule has 2 nitrogen and oxygen atoms in total. The summed E-state index contributed by atoms with van der Waals surface area (Å²) in [7, 11) is 0. The van der Waals surface area contributed by atoms with Crippen molar-refractivity contribution in [1.82, 2.24) is 9.97 Å². The molecule has 0 saturated heterocycles. The van der Waals surface area contributed by atoms with Gasteiger partial charge in [0.25, 0.3) is 0 Å². The normalized spacial score (nSPS) is 13.0. The van der Waals surface area contributed by atoms with Gasteiger partial charge in [0.15, 0.2) is 0 Å². The minimum Gasteiger partial charge on any atom is -0.345 e. The Morgan fingerprint density at radius 3 is 2.88 bits per heavy atom. The van der Waals surface area contributed by atoms with Gasteiger partial charge >= 0.3 is 0 Å². The number of imidazole rings is 1. The van der Waals surface area contributed by atoms with Crippen LogP contribution in [0.4, 0.5) is 0 Å². The number of rotatable bonds is 1. The van der Waals surface area contributed by atoms with Crippen molar-refractivity contribution in [3.05, 3.63) is 40.8 Å². The van der Waals surface area contributed by atoms with Crippen LogP contribution in [0.5, 0.6) is 0 Å². The Bertz CT molecular complexity index is 550. The summed E-state index contributed by atoms with van der Waals surface area (Å²) in [5, 5.41) is 0. The molecule has 1 N–H and O–H groups in total. The number of nitrogens with zero attached hydrogens (tertiary/aromatic N) is 1. The van der Waals surface area contributed by atoms with E-state index in [1.54, 1.807) is 0 Å². The monoisotopic (exact) mass is 212 g/mol. The lowest BCUT2D eigenvalue weighted by atomic mass is 9.98. The van der Waals surface area contributed by atoms with Gasteiger partial charge in [0.05, 0.1) is 5.69 Å². The fourth-order valence-electron chi connectivity index (χ4n) is 2.43. The summed E-state index contributed by atoms with van der Waals surface area (Å²) >= 11 is 0. The van der Waals surface area contributed by atoms with E-state index in [4.69, 9.17) is 0 Å². The maximum Gasteiger partial charge on any atom is 0.103 e. The van der Waals surface area contributed by atoms with Gasteiger partial charge in [-0.05, 0) is 24.0 Å². The second-order valence-corrected chi connectivity index (χ2v) is 4.90. The largest absolute Gasteiger partial charge is 0.345 e. The van der Waals surface area contributed by atoms with Crippen LogP contribution in [0.25, 0.3) is 11.3 Å². The first-order chi connectivity index (χ1) is 7.65. The van der Waals surface area contributed by atoms with E-state index in [0.29, 0.717) is 5.92 Å². The van der Waals surface area contributed by atoms with Crippen molar-refractivity contribution in [2.24, 2.45) is 0 Å². The van der Waals surface area contributed by atoms with Crippen LogP contribution in [0, 0.1) is 6.92 Å². The third-order valence-electron chi connectivity index (χ3n) is 3.32. The van der Waals surface area contributed by atoms with Crippen molar-refractivity contribution >= 4 is 0 Å². The Kier molecular flexibility index (Phi) is 1.93. The molecule has 0 bridgehead atoms. The van der Waals surface area contributed by atoms with Gasteiger partial charge in [-0.2, -0.15) is 0 Å². The quantitative estimate of drug-likeness (QED) is 0.658. The van der Waals surface area contributed by atoms with Gasteiger partial charge < -0.3 is 4.98 Å². The van der Waals surface area contributed by atoms with Gasteiger partial charge in [0, 0.05) is 17.7 Å². The minimum absolute atomic E-state index is 0.596. The molecular weight excluding hydrogens is 196 g/mol. The number of hydrogen-bond acceptors (Lipinski definition) is 1. The van der Waals surface area contributed by atoms with Crippen molar-refractivity contribution in [3.63, 3.8) is 0 Å². The molecule has 2 heteroatoms. The van der Waals surface area contributed by atoms with Crippen LogP contribution in [-0.4, -0.2) is 9.97 Å². The van der Waals surface area contributed by atoms with E-state index >= 15 is 0 Å². The van der Waals surface area contributed by atoms with Crippen LogP contribution in [0.15, 0.2) is 18.2 Å². The molecule has 0 amide bonds. The number of H-pyrrole nitrogens is 1. The number of aromatic amines is 1. The van der Waals surface area contributed by atoms with E-state index in [9.17, 15) is 0 Å². The number of fused-ring (bicyclic) bond motifs is 3. The summed E-state index contributed by atoms with van der Waals surface area (Å²) in [6, 6.07) is 6.77. The summed E-state index contributed by atoms with van der Waals surface area (Å²) in [6.45, 7) is 6.48. The highest BCUT2D eigenvalue weighted by atomic mass is 14.9. The number of hydrogen-bond donors (Lipinski definition) is 1. The fraction of sp³-hybridized carbons (Fsp3) is 0.357. The third-order valence-corrected chi connectivity index (χ3v) is 3.32. The SMILES string of the molecule is Cc1nc2c([nH]1)Cc1cc(C(C)C)ccc1-2. The van der Waals surface area contributed by atoms with Gasteiger partial charge in [-0.25, -0.2) is 4.98 Å². The number of aryl methyl sites for hydroxylation is 1. The fourth-order valence-corrected chi connectivity index (χ4v) is 2.43. The van der Waals surface area contributed by atoms with E-state index in [1.165, 1.54) is 22.4 Å². The van der Waals surface area contributed by atoms with E-state index in [-0.39, 0.29) is 0 Å². The first-order valence-corrected chi connectivity index (χ1v) is 5.84. The summed E-state index contributed by atoms with van der Waals surface area (Å²) in [6.07, 6.45) is 1.01. The zero-order valence-corrected chi connectivity index (χ0v) is 9.96. The molecule has 1 aliphatic rings. The lowest BCUT2D eigenvalue weighted by Crippen LogP contribution is -1.91. The zero-order valence-electron chi connectivity index (χ0n) is 9.96. The molecule has 0 saturated carbocycles. The maximum atomic E-state index is 4.55. The predicted octanol–water partition coefficient (Wildman–Crippen LogP) is 3.41. The van der Waals surface area contributed by atoms with Crippen molar-refractivity contribution in [2.75, 3.05) is 0 Å². The predicted molar refractivity (Wildman–Crippen MR) is 65.7 cm³/mol. The highest BCUT2D eigenvalue weighted by Crippen LogP contribution is 2.36. The molecule has 16 heavy (non-hydrogen) atoms. The number of nitrogens with one attached hydrogen (secondary N) is 1. The molecular formula is C14H16N2. The average Bonchev–Trinajstić information content (AvgIpc) is 2.72. The second kappa shape index (κ2) is 3.21. The lowest BCUT2D eigenvalue weighted by molar-refractivity contribution is 0.864. The van der Waals surface area contributed by atoms with Gasteiger partial charge in [-0.1, -0.05) is 32.0 Å². The summed E-state index contributed by atoms with van der Waals surface area (Å²) in [5.74, 6) is 1.61. The Morgan fingerprint density at radius 1 is 1.31 bits per heavy atom. The Morgan fingerprint density at radius 2 is 2.12 bits per heavy atom. The Balaban J connectivity index is 2.12. The smallest absolute Gasteiger partial charge is 0.103 e. The molecule has 1 aromatic heterocycles. The van der Waals surface area contributed by atoms with Crippen LogP contribution in [0.2, 0.25) is 0 Å². The van der Waals surface area contributed by atoms with E-state index in [0.717, 1.165) is 17.9 Å². The molecule has 1 aliphatic carbocycles. The van der Waals surface area contributed by atoms with E-state index in [1.807, 2.05) is 6.92 Å². The number of benzene rings is 1. The van der Waals surface area contributed by atoms with Gasteiger partial charge in [0.1, 0.15) is 5.82 Å². The first kappa shape index (κ1) is 9.64. The summed E-state index contributed by atoms with van der Waals surface area (Å²) in [5.41, 5.74) is 6.57. The molecule has 3 rings (SSSR count). The molecule has 0 radical (unpaired) electrons. The molecule has 0 unspecified atom stereocenters. The molecule has 0 fully saturated rings. The van der Waals surface area contributed by atoms with Gasteiger partial charge in [-0.3, -0.25) is 0 Å². The van der Waals surface area contributed by atoms with E-state index in [2.05, 4.69) is 42.0 Å². The number of aromatic nitrogens is 2. The Hall–Kier alpha value is -1.57. The topological polar surface area (TPSA) is 28.7 Å². The van der Waals surface area contributed by atoms with Crippen LogP contribution in [0.3, 0.4) is 0 Å². The second-order valence-electron chi connectivity index (χ2n) is 4.90. The third kappa shape index (κ3) is 1.29. The van der Waals surface area contributed by atoms with Crippen molar-refractivity contribution in [1.29, 1.82) is 0 Å². The summed E-state index contributed by atoms with van der Waals surface area (Å²) in [4.78, 5) is 7.89. The maximum absolute atomic E-state index is 4.55. The average molecular weight is 212 g/mol. The minimum atomic E-state index is 0.596. The summed E-state index contributed by atoms with van der Waals surface area (Å²) < 4.78 is 0. The Labute approximate surface area is 95.7 Å². The molecule has 1 heterocycles.